The number of ether oxygens (including phenoxy) is 1. The molecule has 112 valence electrons. The number of guanidine groups is 1. The lowest BCUT2D eigenvalue weighted by Crippen LogP contribution is -2.46. The van der Waals surface area contributed by atoms with Gasteiger partial charge < -0.3 is 20.3 Å². The van der Waals surface area contributed by atoms with Crippen molar-refractivity contribution >= 4 is 5.96 Å². The lowest BCUT2D eigenvalue weighted by atomic mass is 9.93. The maximum atomic E-state index is 6.08. The fourth-order valence-corrected chi connectivity index (χ4v) is 2.65. The summed E-state index contributed by atoms with van der Waals surface area (Å²) < 4.78 is 5.33. The number of rotatable bonds is 6. The van der Waals surface area contributed by atoms with Crippen molar-refractivity contribution in [2.45, 2.75) is 32.7 Å². The van der Waals surface area contributed by atoms with E-state index < -0.39 is 0 Å². The maximum absolute atomic E-state index is 6.08. The molecule has 1 fully saturated rings. The molecule has 0 bridgehead atoms. The summed E-state index contributed by atoms with van der Waals surface area (Å²) in [5.41, 5.74) is 6.08. The number of nitrogens with two attached hydrogens (primary N) is 1. The second-order valence-corrected chi connectivity index (χ2v) is 5.41. The van der Waals surface area contributed by atoms with Crippen molar-refractivity contribution in [1.82, 2.24) is 9.80 Å². The Morgan fingerprint density at radius 2 is 1.84 bits per heavy atom. The Morgan fingerprint density at radius 3 is 2.32 bits per heavy atom. The van der Waals surface area contributed by atoms with Crippen LogP contribution < -0.4 is 5.73 Å². The van der Waals surface area contributed by atoms with Gasteiger partial charge in [0.1, 0.15) is 0 Å². The number of hydrogen-bond acceptors (Lipinski definition) is 3. The van der Waals surface area contributed by atoms with Gasteiger partial charge >= 0.3 is 0 Å². The summed E-state index contributed by atoms with van der Waals surface area (Å²) in [5.74, 6) is 1.34. The number of likely N-dealkylation sites (N-methyl/N-ethyl adjacent to an activating group) is 1. The van der Waals surface area contributed by atoms with Crippen LogP contribution in [0.4, 0.5) is 0 Å². The minimum absolute atomic E-state index is 0.467. The van der Waals surface area contributed by atoms with Crippen LogP contribution in [0.2, 0.25) is 0 Å². The third-order valence-electron chi connectivity index (χ3n) is 4.03. The first-order chi connectivity index (χ1) is 9.10. The number of nitrogens with zero attached hydrogens (tertiary/aromatic N) is 3. The van der Waals surface area contributed by atoms with Gasteiger partial charge in [0.15, 0.2) is 5.96 Å². The van der Waals surface area contributed by atoms with Crippen LogP contribution in [0.1, 0.15) is 26.7 Å². The lowest BCUT2D eigenvalue weighted by molar-refractivity contribution is 0.0673. The van der Waals surface area contributed by atoms with Crippen LogP contribution in [0.25, 0.3) is 0 Å². The molecule has 0 amide bonds. The highest BCUT2D eigenvalue weighted by Gasteiger charge is 2.21. The SMILES string of the molecule is CCC(CC)[C@@H](CN=C(N)N1CCOCC1)N(C)C. The first-order valence-corrected chi connectivity index (χ1v) is 7.39. The summed E-state index contributed by atoms with van der Waals surface area (Å²) in [6, 6.07) is 0.467. The van der Waals surface area contributed by atoms with Gasteiger partial charge in [0.05, 0.1) is 19.8 Å². The standard InChI is InChI=1S/C14H30N4O/c1-5-12(6-2)13(17(3)4)11-16-14(15)18-7-9-19-10-8-18/h12-13H,5-11H2,1-4H3,(H2,15,16)/t13-/m1/s1. The molecule has 5 nitrogen and oxygen atoms in total. The van der Waals surface area contributed by atoms with E-state index in [1.807, 2.05) is 0 Å². The van der Waals surface area contributed by atoms with E-state index in [-0.39, 0.29) is 0 Å². The largest absolute Gasteiger partial charge is 0.378 e. The molecule has 1 rings (SSSR count). The number of hydrogen-bond donors (Lipinski definition) is 1. The first kappa shape index (κ1) is 16.2. The third-order valence-corrected chi connectivity index (χ3v) is 4.03. The van der Waals surface area contributed by atoms with Crippen LogP contribution in [0.15, 0.2) is 4.99 Å². The second-order valence-electron chi connectivity index (χ2n) is 5.41. The molecule has 0 aromatic carbocycles. The fraction of sp³-hybridized carbons (Fsp3) is 0.929. The number of morpholine rings is 1. The maximum Gasteiger partial charge on any atom is 0.191 e. The molecule has 1 atom stereocenters. The highest BCUT2D eigenvalue weighted by molar-refractivity contribution is 5.78. The highest BCUT2D eigenvalue weighted by atomic mass is 16.5. The van der Waals surface area contributed by atoms with E-state index >= 15 is 0 Å². The zero-order valence-electron chi connectivity index (χ0n) is 12.9. The van der Waals surface area contributed by atoms with Crippen LogP contribution >= 0.6 is 0 Å². The monoisotopic (exact) mass is 270 g/mol. The van der Waals surface area contributed by atoms with Gasteiger partial charge in [-0.15, -0.1) is 0 Å². The van der Waals surface area contributed by atoms with E-state index in [1.54, 1.807) is 0 Å². The number of aliphatic imine (C=N–C) groups is 1. The summed E-state index contributed by atoms with van der Waals surface area (Å²) in [5, 5.41) is 0. The van der Waals surface area contributed by atoms with Crippen LogP contribution in [0, 0.1) is 5.92 Å². The summed E-state index contributed by atoms with van der Waals surface area (Å²) >= 11 is 0. The van der Waals surface area contributed by atoms with E-state index in [0.717, 1.165) is 32.8 Å². The van der Waals surface area contributed by atoms with E-state index in [4.69, 9.17) is 10.5 Å². The van der Waals surface area contributed by atoms with Gasteiger partial charge in [-0.05, 0) is 20.0 Å². The van der Waals surface area contributed by atoms with Gasteiger partial charge in [-0.1, -0.05) is 26.7 Å². The van der Waals surface area contributed by atoms with Crippen LogP contribution in [0.5, 0.6) is 0 Å². The highest BCUT2D eigenvalue weighted by Crippen LogP contribution is 2.17. The molecule has 1 heterocycles. The van der Waals surface area contributed by atoms with E-state index in [0.29, 0.717) is 17.9 Å². The average molecular weight is 270 g/mol. The fourth-order valence-electron chi connectivity index (χ4n) is 2.65. The van der Waals surface area contributed by atoms with Crippen molar-refractivity contribution in [2.75, 3.05) is 46.9 Å². The van der Waals surface area contributed by atoms with Gasteiger partial charge in [-0.25, -0.2) is 0 Å². The predicted molar refractivity (Wildman–Crippen MR) is 80.4 cm³/mol. The second kappa shape index (κ2) is 8.38. The molecule has 0 saturated carbocycles. The Balaban J connectivity index is 2.58. The average Bonchev–Trinajstić information content (AvgIpc) is 2.43. The first-order valence-electron chi connectivity index (χ1n) is 7.39. The smallest absolute Gasteiger partial charge is 0.191 e. The van der Waals surface area contributed by atoms with Gasteiger partial charge in [-0.3, -0.25) is 4.99 Å². The van der Waals surface area contributed by atoms with Crippen LogP contribution in [0.3, 0.4) is 0 Å². The topological polar surface area (TPSA) is 54.1 Å². The Labute approximate surface area is 117 Å². The van der Waals surface area contributed by atoms with Crippen LogP contribution in [-0.4, -0.2) is 68.7 Å². The van der Waals surface area contributed by atoms with Crippen molar-refractivity contribution in [3.05, 3.63) is 0 Å². The summed E-state index contributed by atoms with van der Waals surface area (Å²) in [4.78, 5) is 9.00. The van der Waals surface area contributed by atoms with E-state index in [9.17, 15) is 0 Å². The molecule has 2 N–H and O–H groups in total. The molecule has 5 heteroatoms. The molecular weight excluding hydrogens is 240 g/mol. The van der Waals surface area contributed by atoms with Crippen LogP contribution in [-0.2, 0) is 4.74 Å². The molecule has 19 heavy (non-hydrogen) atoms. The molecule has 0 aliphatic carbocycles. The lowest BCUT2D eigenvalue weighted by Gasteiger charge is -2.31. The predicted octanol–water partition coefficient (Wildman–Crippen LogP) is 1.000. The molecule has 0 radical (unpaired) electrons. The van der Waals surface area contributed by atoms with E-state index in [2.05, 4.69) is 42.7 Å². The zero-order valence-corrected chi connectivity index (χ0v) is 12.9. The van der Waals surface area contributed by atoms with Crippen molar-refractivity contribution in [3.8, 4) is 0 Å². The Hall–Kier alpha value is -0.810. The van der Waals surface area contributed by atoms with Gasteiger partial charge in [-0.2, -0.15) is 0 Å². The summed E-state index contributed by atoms with van der Waals surface area (Å²) in [6.07, 6.45) is 2.37. The van der Waals surface area contributed by atoms with Crippen molar-refractivity contribution < 1.29 is 4.74 Å². The third kappa shape index (κ3) is 4.99. The molecule has 1 aliphatic rings. The summed E-state index contributed by atoms with van der Waals surface area (Å²) in [6.45, 7) is 8.49. The molecule has 0 aromatic heterocycles. The molecule has 0 spiro atoms. The normalized spacial score (nSPS) is 19.3. The minimum Gasteiger partial charge on any atom is -0.378 e. The molecule has 0 aromatic rings. The zero-order chi connectivity index (χ0) is 14.3. The van der Waals surface area contributed by atoms with E-state index in [1.165, 1.54) is 12.8 Å². The molecule has 1 saturated heterocycles. The van der Waals surface area contributed by atoms with Gasteiger partial charge in [0.25, 0.3) is 0 Å². The van der Waals surface area contributed by atoms with Gasteiger partial charge in [0, 0.05) is 19.1 Å². The Kier molecular flexibility index (Phi) is 7.16. The Morgan fingerprint density at radius 1 is 1.26 bits per heavy atom. The van der Waals surface area contributed by atoms with Gasteiger partial charge in [0.2, 0.25) is 0 Å². The molecule has 1 aliphatic heterocycles. The minimum atomic E-state index is 0.467. The quantitative estimate of drug-likeness (QED) is 0.578. The summed E-state index contributed by atoms with van der Waals surface area (Å²) in [7, 11) is 4.26. The van der Waals surface area contributed by atoms with Crippen molar-refractivity contribution in [3.63, 3.8) is 0 Å². The van der Waals surface area contributed by atoms with Crippen molar-refractivity contribution in [2.24, 2.45) is 16.6 Å². The van der Waals surface area contributed by atoms with Crippen molar-refractivity contribution in [1.29, 1.82) is 0 Å². The Bertz CT molecular complexity index is 271. The molecular formula is C14H30N4O. The molecule has 0 unspecified atom stereocenters.